The molecule has 0 spiro atoms. The summed E-state index contributed by atoms with van der Waals surface area (Å²) in [6.07, 6.45) is 1.78. The van der Waals surface area contributed by atoms with E-state index in [0.717, 1.165) is 18.2 Å². The summed E-state index contributed by atoms with van der Waals surface area (Å²) in [7, 11) is 1.90. The molecule has 3 atom stereocenters. The van der Waals surface area contributed by atoms with Crippen LogP contribution in [0.25, 0.3) is 0 Å². The van der Waals surface area contributed by atoms with Gasteiger partial charge in [0.2, 0.25) is 0 Å². The average molecular weight is 286 g/mol. The van der Waals surface area contributed by atoms with Crippen molar-refractivity contribution in [2.75, 3.05) is 25.4 Å². The lowest BCUT2D eigenvalue weighted by Crippen LogP contribution is -2.48. The SMILES string of the molecule is CC1CN(CC(O)CSc2nncn2C)CC(C)O1. The number of thioether (sulfide) groups is 1. The number of morpholine rings is 1. The Morgan fingerprint density at radius 3 is 2.74 bits per heavy atom. The van der Waals surface area contributed by atoms with Gasteiger partial charge in [-0.2, -0.15) is 0 Å². The maximum absolute atomic E-state index is 10.1. The molecular formula is C12H22N4O2S. The molecule has 6 nitrogen and oxygen atoms in total. The quantitative estimate of drug-likeness (QED) is 0.790. The number of nitrogens with zero attached hydrogens (tertiary/aromatic N) is 4. The van der Waals surface area contributed by atoms with Crippen LogP contribution in [-0.4, -0.2) is 68.5 Å². The van der Waals surface area contributed by atoms with E-state index in [-0.39, 0.29) is 18.3 Å². The molecule has 0 aliphatic carbocycles. The maximum Gasteiger partial charge on any atom is 0.190 e. The Morgan fingerprint density at radius 1 is 1.47 bits per heavy atom. The third-order valence-electron chi connectivity index (χ3n) is 3.04. The first-order valence-corrected chi connectivity index (χ1v) is 7.56. The van der Waals surface area contributed by atoms with E-state index < -0.39 is 0 Å². The molecule has 1 aromatic heterocycles. The Labute approximate surface area is 118 Å². The molecule has 1 aliphatic heterocycles. The van der Waals surface area contributed by atoms with Crippen LogP contribution in [0.1, 0.15) is 13.8 Å². The van der Waals surface area contributed by atoms with Gasteiger partial charge in [0.1, 0.15) is 6.33 Å². The Kier molecular flexibility index (Phi) is 5.20. The number of hydrogen-bond acceptors (Lipinski definition) is 6. The van der Waals surface area contributed by atoms with Crippen LogP contribution in [0.5, 0.6) is 0 Å². The van der Waals surface area contributed by atoms with Gasteiger partial charge in [-0.1, -0.05) is 11.8 Å². The van der Waals surface area contributed by atoms with Crippen LogP contribution >= 0.6 is 11.8 Å². The van der Waals surface area contributed by atoms with Gasteiger partial charge in [-0.15, -0.1) is 10.2 Å². The molecule has 1 saturated heterocycles. The van der Waals surface area contributed by atoms with Crippen molar-refractivity contribution in [1.29, 1.82) is 0 Å². The van der Waals surface area contributed by atoms with Crippen molar-refractivity contribution in [2.45, 2.75) is 37.3 Å². The Balaban J connectivity index is 1.75. The van der Waals surface area contributed by atoms with E-state index >= 15 is 0 Å². The van der Waals surface area contributed by atoms with Crippen LogP contribution in [0.4, 0.5) is 0 Å². The molecule has 0 saturated carbocycles. The first kappa shape index (κ1) is 14.8. The normalized spacial score (nSPS) is 26.5. The number of rotatable bonds is 5. The molecule has 2 heterocycles. The second-order valence-electron chi connectivity index (χ2n) is 5.17. The van der Waals surface area contributed by atoms with E-state index in [9.17, 15) is 5.11 Å². The van der Waals surface area contributed by atoms with Crippen LogP contribution in [0.3, 0.4) is 0 Å². The summed E-state index contributed by atoms with van der Waals surface area (Å²) in [4.78, 5) is 2.26. The smallest absolute Gasteiger partial charge is 0.190 e. The van der Waals surface area contributed by atoms with Gasteiger partial charge in [0.05, 0.1) is 18.3 Å². The minimum Gasteiger partial charge on any atom is -0.391 e. The van der Waals surface area contributed by atoms with E-state index in [4.69, 9.17) is 4.74 Å². The zero-order valence-corrected chi connectivity index (χ0v) is 12.5. The predicted octanol–water partition coefficient (Wildman–Crippen LogP) is 0.377. The van der Waals surface area contributed by atoms with Gasteiger partial charge in [0, 0.05) is 32.4 Å². The largest absolute Gasteiger partial charge is 0.391 e. The summed E-state index contributed by atoms with van der Waals surface area (Å²) in [6.45, 7) is 6.60. The summed E-state index contributed by atoms with van der Waals surface area (Å²) in [5, 5.41) is 18.7. The second kappa shape index (κ2) is 6.69. The van der Waals surface area contributed by atoms with Crippen molar-refractivity contribution < 1.29 is 9.84 Å². The Bertz CT molecular complexity index is 391. The summed E-state index contributed by atoms with van der Waals surface area (Å²) < 4.78 is 7.54. The summed E-state index contributed by atoms with van der Waals surface area (Å²) in [6, 6.07) is 0. The topological polar surface area (TPSA) is 63.4 Å². The number of β-amino-alcohol motifs (C(OH)–C–C–N with tert-alkyl or cyclic N) is 1. The first-order chi connectivity index (χ1) is 9.04. The average Bonchev–Trinajstić information content (AvgIpc) is 2.71. The minimum absolute atomic E-state index is 0.238. The lowest BCUT2D eigenvalue weighted by Gasteiger charge is -2.36. The van der Waals surface area contributed by atoms with Gasteiger partial charge in [-0.05, 0) is 13.8 Å². The molecule has 0 bridgehead atoms. The number of hydrogen-bond donors (Lipinski definition) is 1. The van der Waals surface area contributed by atoms with Gasteiger partial charge in [-0.3, -0.25) is 4.90 Å². The molecule has 3 unspecified atom stereocenters. The fourth-order valence-electron chi connectivity index (χ4n) is 2.36. The number of aliphatic hydroxyl groups excluding tert-OH is 1. The zero-order valence-electron chi connectivity index (χ0n) is 11.7. The highest BCUT2D eigenvalue weighted by molar-refractivity contribution is 7.99. The van der Waals surface area contributed by atoms with E-state index in [1.54, 1.807) is 6.33 Å². The number of ether oxygens (including phenoxy) is 1. The van der Waals surface area contributed by atoms with Crippen molar-refractivity contribution in [2.24, 2.45) is 7.05 Å². The summed E-state index contributed by atoms with van der Waals surface area (Å²) in [5.41, 5.74) is 0. The van der Waals surface area contributed by atoms with Crippen LogP contribution in [0.15, 0.2) is 11.5 Å². The van der Waals surface area contributed by atoms with E-state index in [1.807, 2.05) is 11.6 Å². The van der Waals surface area contributed by atoms with Gasteiger partial charge < -0.3 is 14.4 Å². The molecule has 108 valence electrons. The third kappa shape index (κ3) is 4.45. The molecule has 2 rings (SSSR count). The van der Waals surface area contributed by atoms with Crippen molar-refractivity contribution in [3.8, 4) is 0 Å². The van der Waals surface area contributed by atoms with Crippen LogP contribution in [-0.2, 0) is 11.8 Å². The fraction of sp³-hybridized carbons (Fsp3) is 0.833. The highest BCUT2D eigenvalue weighted by Crippen LogP contribution is 2.16. The highest BCUT2D eigenvalue weighted by atomic mass is 32.2. The standard InChI is InChI=1S/C12H22N4O2S/c1-9-4-16(5-10(2)18-9)6-11(17)7-19-12-14-13-8-15(12)3/h8-11,17H,4-7H2,1-3H3. The van der Waals surface area contributed by atoms with Crippen LogP contribution in [0.2, 0.25) is 0 Å². The van der Waals surface area contributed by atoms with Gasteiger partial charge in [-0.25, -0.2) is 0 Å². The molecule has 0 amide bonds. The van der Waals surface area contributed by atoms with E-state index in [2.05, 4.69) is 28.9 Å². The fourth-order valence-corrected chi connectivity index (χ4v) is 3.16. The third-order valence-corrected chi connectivity index (χ3v) is 4.22. The molecule has 0 aromatic carbocycles. The molecule has 7 heteroatoms. The van der Waals surface area contributed by atoms with E-state index in [0.29, 0.717) is 12.3 Å². The molecule has 1 fully saturated rings. The molecular weight excluding hydrogens is 264 g/mol. The van der Waals surface area contributed by atoms with Crippen molar-refractivity contribution in [3.05, 3.63) is 6.33 Å². The van der Waals surface area contributed by atoms with Crippen molar-refractivity contribution in [1.82, 2.24) is 19.7 Å². The molecule has 0 radical (unpaired) electrons. The Morgan fingerprint density at radius 2 is 2.16 bits per heavy atom. The van der Waals surface area contributed by atoms with Gasteiger partial charge in [0.15, 0.2) is 5.16 Å². The Hall–Kier alpha value is -0.630. The monoisotopic (exact) mass is 286 g/mol. The molecule has 1 N–H and O–H groups in total. The minimum atomic E-state index is -0.362. The highest BCUT2D eigenvalue weighted by Gasteiger charge is 2.23. The second-order valence-corrected chi connectivity index (χ2v) is 6.15. The summed E-state index contributed by atoms with van der Waals surface area (Å²) >= 11 is 1.53. The lowest BCUT2D eigenvalue weighted by molar-refractivity contribution is -0.0750. The summed E-state index contributed by atoms with van der Waals surface area (Å²) in [5.74, 6) is 0.632. The lowest BCUT2D eigenvalue weighted by atomic mass is 10.2. The van der Waals surface area contributed by atoms with Crippen molar-refractivity contribution >= 4 is 11.8 Å². The number of aliphatic hydroxyl groups is 1. The maximum atomic E-state index is 10.1. The van der Waals surface area contributed by atoms with Crippen LogP contribution < -0.4 is 0 Å². The zero-order chi connectivity index (χ0) is 13.8. The molecule has 1 aliphatic rings. The molecule has 19 heavy (non-hydrogen) atoms. The number of aromatic nitrogens is 3. The van der Waals surface area contributed by atoms with Crippen molar-refractivity contribution in [3.63, 3.8) is 0 Å². The first-order valence-electron chi connectivity index (χ1n) is 6.57. The van der Waals surface area contributed by atoms with Crippen LogP contribution in [0, 0.1) is 0 Å². The van der Waals surface area contributed by atoms with Gasteiger partial charge >= 0.3 is 0 Å². The number of aryl methyl sites for hydroxylation is 1. The molecule has 1 aromatic rings. The predicted molar refractivity (Wildman–Crippen MR) is 74.2 cm³/mol. The van der Waals surface area contributed by atoms with Gasteiger partial charge in [0.25, 0.3) is 0 Å². The van der Waals surface area contributed by atoms with E-state index in [1.165, 1.54) is 11.8 Å².